The Morgan fingerprint density at radius 3 is 2.52 bits per heavy atom. The molecule has 0 aliphatic rings. The second-order valence-corrected chi connectivity index (χ2v) is 4.83. The molecule has 0 heterocycles. The first kappa shape index (κ1) is 14.9. The summed E-state index contributed by atoms with van der Waals surface area (Å²) >= 11 is 0. The van der Waals surface area contributed by atoms with Gasteiger partial charge in [-0.1, -0.05) is 12.1 Å². The van der Waals surface area contributed by atoms with Crippen molar-refractivity contribution in [2.24, 2.45) is 0 Å². The molecule has 1 amide bonds. The van der Waals surface area contributed by atoms with Crippen LogP contribution in [-0.4, -0.2) is 19.1 Å². The average Bonchev–Trinajstić information content (AvgIpc) is 2.47. The molecule has 0 radical (unpaired) electrons. The van der Waals surface area contributed by atoms with Crippen molar-refractivity contribution < 1.29 is 9.53 Å². The van der Waals surface area contributed by atoms with Crippen molar-refractivity contribution in [1.82, 2.24) is 0 Å². The van der Waals surface area contributed by atoms with Gasteiger partial charge in [-0.3, -0.25) is 4.79 Å². The van der Waals surface area contributed by atoms with E-state index < -0.39 is 0 Å². The lowest BCUT2D eigenvalue weighted by molar-refractivity contribution is -0.120. The van der Waals surface area contributed by atoms with E-state index in [-0.39, 0.29) is 12.5 Å². The SMILES string of the molecule is CCN(C(=O)COc1ccc(N)cc1)c1cccc(C)c1. The lowest BCUT2D eigenvalue weighted by atomic mass is 10.2. The van der Waals surface area contributed by atoms with Gasteiger partial charge in [0.1, 0.15) is 5.75 Å². The highest BCUT2D eigenvalue weighted by atomic mass is 16.5. The summed E-state index contributed by atoms with van der Waals surface area (Å²) in [5, 5.41) is 0. The first-order valence-electron chi connectivity index (χ1n) is 6.95. The van der Waals surface area contributed by atoms with Gasteiger partial charge in [0.15, 0.2) is 6.61 Å². The lowest BCUT2D eigenvalue weighted by Crippen LogP contribution is -2.34. The van der Waals surface area contributed by atoms with E-state index in [2.05, 4.69) is 0 Å². The first-order chi connectivity index (χ1) is 10.1. The third-order valence-corrected chi connectivity index (χ3v) is 3.17. The van der Waals surface area contributed by atoms with Gasteiger partial charge in [-0.25, -0.2) is 0 Å². The molecule has 4 heteroatoms. The zero-order chi connectivity index (χ0) is 15.2. The number of hydrogen-bond acceptors (Lipinski definition) is 3. The van der Waals surface area contributed by atoms with Crippen molar-refractivity contribution in [3.8, 4) is 5.75 Å². The standard InChI is InChI=1S/C17H20N2O2/c1-3-19(15-6-4-5-13(2)11-15)17(20)12-21-16-9-7-14(18)8-10-16/h4-11H,3,12,18H2,1-2H3. The van der Waals surface area contributed by atoms with E-state index in [0.717, 1.165) is 11.3 Å². The van der Waals surface area contributed by atoms with Crippen LogP contribution in [0.2, 0.25) is 0 Å². The van der Waals surface area contributed by atoms with Gasteiger partial charge in [0.25, 0.3) is 5.91 Å². The fourth-order valence-electron chi connectivity index (χ4n) is 2.09. The van der Waals surface area contributed by atoms with Crippen LogP contribution in [0.5, 0.6) is 5.75 Å². The van der Waals surface area contributed by atoms with Gasteiger partial charge in [0, 0.05) is 17.9 Å². The van der Waals surface area contributed by atoms with Crippen molar-refractivity contribution in [3.05, 3.63) is 54.1 Å². The quantitative estimate of drug-likeness (QED) is 0.859. The van der Waals surface area contributed by atoms with Crippen LogP contribution in [0.4, 0.5) is 11.4 Å². The summed E-state index contributed by atoms with van der Waals surface area (Å²) in [6.45, 7) is 4.56. The Morgan fingerprint density at radius 1 is 1.19 bits per heavy atom. The smallest absolute Gasteiger partial charge is 0.264 e. The predicted molar refractivity (Wildman–Crippen MR) is 85.6 cm³/mol. The zero-order valence-electron chi connectivity index (χ0n) is 12.4. The second kappa shape index (κ2) is 6.79. The highest BCUT2D eigenvalue weighted by molar-refractivity contribution is 5.94. The number of nitrogens with zero attached hydrogens (tertiary/aromatic N) is 1. The van der Waals surface area contributed by atoms with Crippen molar-refractivity contribution in [2.75, 3.05) is 23.8 Å². The highest BCUT2D eigenvalue weighted by Gasteiger charge is 2.14. The Labute approximate surface area is 125 Å². The Morgan fingerprint density at radius 2 is 1.90 bits per heavy atom. The molecule has 0 saturated heterocycles. The van der Waals surface area contributed by atoms with Gasteiger partial charge in [-0.2, -0.15) is 0 Å². The maximum atomic E-state index is 12.3. The predicted octanol–water partition coefficient (Wildman–Crippen LogP) is 3.01. The number of likely N-dealkylation sites (N-methyl/N-ethyl adjacent to an activating group) is 1. The summed E-state index contributed by atoms with van der Waals surface area (Å²) < 4.78 is 5.51. The minimum Gasteiger partial charge on any atom is -0.484 e. The third kappa shape index (κ3) is 3.99. The van der Waals surface area contributed by atoms with Crippen molar-refractivity contribution in [3.63, 3.8) is 0 Å². The Bertz CT molecular complexity index is 608. The molecule has 0 unspecified atom stereocenters. The molecular formula is C17H20N2O2. The van der Waals surface area contributed by atoms with Crippen LogP contribution in [0.15, 0.2) is 48.5 Å². The van der Waals surface area contributed by atoms with Crippen LogP contribution in [0.25, 0.3) is 0 Å². The summed E-state index contributed by atoms with van der Waals surface area (Å²) in [4.78, 5) is 14.0. The number of carbonyl (C=O) groups is 1. The Kier molecular flexibility index (Phi) is 4.82. The molecule has 2 rings (SSSR count). The highest BCUT2D eigenvalue weighted by Crippen LogP contribution is 2.17. The van der Waals surface area contributed by atoms with E-state index in [1.807, 2.05) is 38.1 Å². The second-order valence-electron chi connectivity index (χ2n) is 4.83. The van der Waals surface area contributed by atoms with Gasteiger partial charge < -0.3 is 15.4 Å². The number of carbonyl (C=O) groups excluding carboxylic acids is 1. The van der Waals surface area contributed by atoms with E-state index in [1.54, 1.807) is 29.2 Å². The molecule has 0 saturated carbocycles. The number of ether oxygens (including phenoxy) is 1. The topological polar surface area (TPSA) is 55.6 Å². The zero-order valence-corrected chi connectivity index (χ0v) is 12.4. The molecule has 0 aromatic heterocycles. The lowest BCUT2D eigenvalue weighted by Gasteiger charge is -2.21. The number of nitrogen functional groups attached to an aromatic ring is 1. The normalized spacial score (nSPS) is 10.2. The molecule has 0 atom stereocenters. The Balaban J connectivity index is 2.02. The van der Waals surface area contributed by atoms with Gasteiger partial charge in [0.2, 0.25) is 0 Å². The first-order valence-corrected chi connectivity index (χ1v) is 6.95. The van der Waals surface area contributed by atoms with E-state index >= 15 is 0 Å². The van der Waals surface area contributed by atoms with Gasteiger partial charge in [0.05, 0.1) is 0 Å². The fraction of sp³-hybridized carbons (Fsp3) is 0.235. The maximum Gasteiger partial charge on any atom is 0.264 e. The molecule has 4 nitrogen and oxygen atoms in total. The van der Waals surface area contributed by atoms with Crippen molar-refractivity contribution >= 4 is 17.3 Å². The van der Waals surface area contributed by atoms with E-state index in [1.165, 1.54) is 0 Å². The van der Waals surface area contributed by atoms with Crippen LogP contribution >= 0.6 is 0 Å². The number of benzene rings is 2. The largest absolute Gasteiger partial charge is 0.484 e. The summed E-state index contributed by atoms with van der Waals surface area (Å²) in [6.07, 6.45) is 0. The number of nitrogens with two attached hydrogens (primary N) is 1. The molecule has 110 valence electrons. The van der Waals surface area contributed by atoms with Gasteiger partial charge in [-0.05, 0) is 55.8 Å². The number of aryl methyl sites for hydroxylation is 1. The van der Waals surface area contributed by atoms with E-state index in [9.17, 15) is 4.79 Å². The van der Waals surface area contributed by atoms with Crippen LogP contribution in [0, 0.1) is 6.92 Å². The maximum absolute atomic E-state index is 12.3. The van der Waals surface area contributed by atoms with E-state index in [4.69, 9.17) is 10.5 Å². The summed E-state index contributed by atoms with van der Waals surface area (Å²) in [5.41, 5.74) is 8.30. The third-order valence-electron chi connectivity index (χ3n) is 3.17. The number of anilines is 2. The van der Waals surface area contributed by atoms with Crippen molar-refractivity contribution in [2.45, 2.75) is 13.8 Å². The molecule has 0 aliphatic carbocycles. The summed E-state index contributed by atoms with van der Waals surface area (Å²) in [6, 6.07) is 14.9. The van der Waals surface area contributed by atoms with Crippen molar-refractivity contribution in [1.29, 1.82) is 0 Å². The molecule has 0 spiro atoms. The number of hydrogen-bond donors (Lipinski definition) is 1. The minimum absolute atomic E-state index is 0.00565. The number of rotatable bonds is 5. The number of amides is 1. The van der Waals surface area contributed by atoms with Crippen LogP contribution in [0.3, 0.4) is 0 Å². The molecule has 2 N–H and O–H groups in total. The van der Waals surface area contributed by atoms with Crippen LogP contribution in [-0.2, 0) is 4.79 Å². The molecule has 2 aromatic carbocycles. The van der Waals surface area contributed by atoms with Gasteiger partial charge in [-0.15, -0.1) is 0 Å². The molecule has 0 aliphatic heterocycles. The Hall–Kier alpha value is -2.49. The van der Waals surface area contributed by atoms with Crippen LogP contribution in [0.1, 0.15) is 12.5 Å². The molecule has 2 aromatic rings. The van der Waals surface area contributed by atoms with E-state index in [0.29, 0.717) is 18.0 Å². The molecular weight excluding hydrogens is 264 g/mol. The molecule has 0 bridgehead atoms. The fourth-order valence-corrected chi connectivity index (χ4v) is 2.09. The summed E-state index contributed by atoms with van der Waals surface area (Å²) in [7, 11) is 0. The monoisotopic (exact) mass is 284 g/mol. The average molecular weight is 284 g/mol. The molecule has 21 heavy (non-hydrogen) atoms. The van der Waals surface area contributed by atoms with Crippen LogP contribution < -0.4 is 15.4 Å². The van der Waals surface area contributed by atoms with Gasteiger partial charge >= 0.3 is 0 Å². The molecule has 0 fully saturated rings. The minimum atomic E-state index is -0.0695. The summed E-state index contributed by atoms with van der Waals surface area (Å²) in [5.74, 6) is 0.567.